The van der Waals surface area contributed by atoms with Crippen molar-refractivity contribution in [3.63, 3.8) is 0 Å². The van der Waals surface area contributed by atoms with E-state index in [1.165, 1.54) is 15.3 Å². The number of ketones is 1. The van der Waals surface area contributed by atoms with Crippen molar-refractivity contribution in [2.75, 3.05) is 0 Å². The van der Waals surface area contributed by atoms with Gasteiger partial charge in [0.05, 0.1) is 0 Å². The summed E-state index contributed by atoms with van der Waals surface area (Å²) in [5, 5.41) is 11.6. The summed E-state index contributed by atoms with van der Waals surface area (Å²) in [6.45, 7) is 6.23. The number of benzene rings is 2. The quantitative estimate of drug-likeness (QED) is 0.710. The van der Waals surface area contributed by atoms with Crippen LogP contribution in [0.4, 0.5) is 0 Å². The second-order valence-corrected chi connectivity index (χ2v) is 8.20. The molecule has 1 N–H and O–H groups in total. The van der Waals surface area contributed by atoms with Gasteiger partial charge < -0.3 is 5.11 Å². The molecule has 4 rings (SSSR count). The molecule has 126 valence electrons. The zero-order valence-electron chi connectivity index (χ0n) is 14.6. The van der Waals surface area contributed by atoms with E-state index in [2.05, 4.69) is 20.8 Å². The Hall–Kier alpha value is -2.23. The molecule has 0 bridgehead atoms. The van der Waals surface area contributed by atoms with E-state index in [1.807, 2.05) is 48.5 Å². The van der Waals surface area contributed by atoms with Crippen molar-refractivity contribution < 1.29 is 9.90 Å². The molecular formula is C22H20O2S. The molecule has 0 radical (unpaired) electrons. The van der Waals surface area contributed by atoms with Gasteiger partial charge >= 0.3 is 0 Å². The Balaban J connectivity index is 1.94. The summed E-state index contributed by atoms with van der Waals surface area (Å²) in [5.74, 6) is -0.204. The number of hydrogen-bond donors (Lipinski definition) is 1. The van der Waals surface area contributed by atoms with Crippen LogP contribution in [0.1, 0.15) is 36.8 Å². The molecule has 1 aliphatic carbocycles. The summed E-state index contributed by atoms with van der Waals surface area (Å²) in [6, 6.07) is 15.3. The van der Waals surface area contributed by atoms with Crippen LogP contribution in [-0.4, -0.2) is 10.9 Å². The molecule has 0 saturated heterocycles. The van der Waals surface area contributed by atoms with Crippen molar-refractivity contribution >= 4 is 17.1 Å². The molecule has 1 unspecified atom stereocenters. The van der Waals surface area contributed by atoms with Gasteiger partial charge in [0, 0.05) is 21.7 Å². The number of thiophene rings is 1. The minimum Gasteiger partial charge on any atom is -0.377 e. The fraction of sp³-hybridized carbons (Fsp3) is 0.227. The predicted octanol–water partition coefficient (Wildman–Crippen LogP) is 4.97. The van der Waals surface area contributed by atoms with E-state index in [4.69, 9.17) is 0 Å². The highest BCUT2D eigenvalue weighted by atomic mass is 32.1. The van der Waals surface area contributed by atoms with Crippen LogP contribution in [0.25, 0.3) is 11.1 Å². The van der Waals surface area contributed by atoms with Crippen LogP contribution in [0.3, 0.4) is 0 Å². The molecule has 2 nitrogen and oxygen atoms in total. The highest BCUT2D eigenvalue weighted by Crippen LogP contribution is 2.44. The van der Waals surface area contributed by atoms with Crippen LogP contribution in [0.5, 0.6) is 0 Å². The third kappa shape index (κ3) is 2.30. The van der Waals surface area contributed by atoms with Gasteiger partial charge in [-0.05, 0) is 48.6 Å². The first kappa shape index (κ1) is 16.2. The third-order valence-corrected chi connectivity index (χ3v) is 6.52. The molecule has 3 heteroatoms. The largest absolute Gasteiger partial charge is 0.377 e. The van der Waals surface area contributed by atoms with Gasteiger partial charge in [0.15, 0.2) is 11.4 Å². The first-order chi connectivity index (χ1) is 11.9. The maximum atomic E-state index is 13.3. The first-order valence-corrected chi connectivity index (χ1v) is 9.26. The molecule has 1 aliphatic rings. The minimum atomic E-state index is -1.52. The fourth-order valence-electron chi connectivity index (χ4n) is 3.87. The number of hydrogen-bond acceptors (Lipinski definition) is 3. The van der Waals surface area contributed by atoms with E-state index < -0.39 is 5.60 Å². The lowest BCUT2D eigenvalue weighted by Gasteiger charge is -2.34. The Labute approximate surface area is 151 Å². The van der Waals surface area contributed by atoms with Gasteiger partial charge in [-0.2, -0.15) is 0 Å². The highest BCUT2D eigenvalue weighted by Gasteiger charge is 2.45. The topological polar surface area (TPSA) is 37.3 Å². The van der Waals surface area contributed by atoms with Crippen LogP contribution in [-0.2, 0) is 12.0 Å². The van der Waals surface area contributed by atoms with Gasteiger partial charge in [-0.3, -0.25) is 4.79 Å². The first-order valence-electron chi connectivity index (χ1n) is 8.45. The Bertz CT molecular complexity index is 999. The Morgan fingerprint density at radius 2 is 1.48 bits per heavy atom. The summed E-state index contributed by atoms with van der Waals surface area (Å²) in [5.41, 5.74) is 3.92. The lowest BCUT2D eigenvalue weighted by atomic mass is 9.72. The van der Waals surface area contributed by atoms with Crippen LogP contribution >= 0.6 is 11.3 Å². The smallest absolute Gasteiger partial charge is 0.199 e. The van der Waals surface area contributed by atoms with Crippen molar-refractivity contribution in [3.05, 3.63) is 80.5 Å². The van der Waals surface area contributed by atoms with Crippen molar-refractivity contribution in [2.45, 2.75) is 32.8 Å². The van der Waals surface area contributed by atoms with Crippen LogP contribution < -0.4 is 0 Å². The number of rotatable bonds is 2. The molecule has 0 spiro atoms. The lowest BCUT2D eigenvalue weighted by Crippen LogP contribution is -2.41. The van der Waals surface area contributed by atoms with Gasteiger partial charge in [-0.15, -0.1) is 11.3 Å². The SMILES string of the molecule is Cc1sc(C)c(CC2(O)C(=O)c3ccccc3-c3ccccc32)c1C. The monoisotopic (exact) mass is 348 g/mol. The van der Waals surface area contributed by atoms with E-state index >= 15 is 0 Å². The number of carbonyl (C=O) groups excluding carboxylic acids is 1. The summed E-state index contributed by atoms with van der Waals surface area (Å²) >= 11 is 1.73. The molecular weight excluding hydrogens is 328 g/mol. The zero-order chi connectivity index (χ0) is 17.8. The lowest BCUT2D eigenvalue weighted by molar-refractivity contribution is 0.0293. The predicted molar refractivity (Wildman–Crippen MR) is 102 cm³/mol. The minimum absolute atomic E-state index is 0.204. The second-order valence-electron chi connectivity index (χ2n) is 6.78. The molecule has 0 saturated carbocycles. The number of carbonyl (C=O) groups is 1. The maximum absolute atomic E-state index is 13.3. The van der Waals surface area contributed by atoms with Gasteiger partial charge in [0.2, 0.25) is 0 Å². The zero-order valence-corrected chi connectivity index (χ0v) is 15.4. The number of aliphatic hydroxyl groups is 1. The number of fused-ring (bicyclic) bond motifs is 3. The van der Waals surface area contributed by atoms with E-state index in [-0.39, 0.29) is 5.78 Å². The average molecular weight is 348 g/mol. The normalized spacial score (nSPS) is 18.8. The van der Waals surface area contributed by atoms with Crippen LogP contribution in [0, 0.1) is 20.8 Å². The maximum Gasteiger partial charge on any atom is 0.199 e. The van der Waals surface area contributed by atoms with Crippen LogP contribution in [0.15, 0.2) is 48.5 Å². The molecule has 1 heterocycles. The van der Waals surface area contributed by atoms with Crippen molar-refractivity contribution in [1.82, 2.24) is 0 Å². The number of aryl methyl sites for hydroxylation is 2. The van der Waals surface area contributed by atoms with Gasteiger partial charge in [0.25, 0.3) is 0 Å². The summed E-state index contributed by atoms with van der Waals surface area (Å²) in [7, 11) is 0. The molecule has 25 heavy (non-hydrogen) atoms. The highest BCUT2D eigenvalue weighted by molar-refractivity contribution is 7.12. The Morgan fingerprint density at radius 3 is 2.12 bits per heavy atom. The van der Waals surface area contributed by atoms with Crippen molar-refractivity contribution in [3.8, 4) is 11.1 Å². The Kier molecular flexibility index (Phi) is 3.67. The molecule has 2 aromatic carbocycles. The summed E-state index contributed by atoms with van der Waals surface area (Å²) in [4.78, 5) is 15.7. The fourth-order valence-corrected chi connectivity index (χ4v) is 4.96. The van der Waals surface area contributed by atoms with Crippen molar-refractivity contribution in [2.24, 2.45) is 0 Å². The Morgan fingerprint density at radius 1 is 0.880 bits per heavy atom. The summed E-state index contributed by atoms with van der Waals surface area (Å²) in [6.07, 6.45) is 0.319. The second kappa shape index (κ2) is 5.65. The summed E-state index contributed by atoms with van der Waals surface area (Å²) < 4.78 is 0. The van der Waals surface area contributed by atoms with Crippen LogP contribution in [0.2, 0.25) is 0 Å². The van der Waals surface area contributed by atoms with Crippen molar-refractivity contribution in [1.29, 1.82) is 0 Å². The van der Waals surface area contributed by atoms with E-state index in [0.29, 0.717) is 17.5 Å². The average Bonchev–Trinajstić information content (AvgIpc) is 2.86. The molecule has 0 amide bonds. The molecule has 3 aromatic rings. The van der Waals surface area contributed by atoms with E-state index in [9.17, 15) is 9.90 Å². The van der Waals surface area contributed by atoms with E-state index in [1.54, 1.807) is 11.3 Å². The standard InChI is InChI=1S/C22H20O2S/c1-13-14(2)25-15(3)19(13)12-22(24)20-11-7-6-9-17(20)16-8-4-5-10-18(16)21(22)23/h4-11,24H,12H2,1-3H3. The molecule has 1 aromatic heterocycles. The molecule has 1 atom stereocenters. The van der Waals surface area contributed by atoms with Gasteiger partial charge in [-0.25, -0.2) is 0 Å². The third-order valence-electron chi connectivity index (χ3n) is 5.35. The molecule has 0 fully saturated rings. The van der Waals surface area contributed by atoms with E-state index in [0.717, 1.165) is 16.7 Å². The number of Topliss-reactive ketones (excluding diaryl/α,β-unsaturated/α-hetero) is 1. The molecule has 0 aliphatic heterocycles. The van der Waals surface area contributed by atoms with Gasteiger partial charge in [0.1, 0.15) is 0 Å². The van der Waals surface area contributed by atoms with Gasteiger partial charge in [-0.1, -0.05) is 48.5 Å².